The van der Waals surface area contributed by atoms with E-state index in [2.05, 4.69) is 11.0 Å². The number of allylic oxidation sites excluding steroid dienone is 1. The van der Waals surface area contributed by atoms with Crippen LogP contribution in [0.2, 0.25) is 10.0 Å². The molecule has 1 saturated heterocycles. The Morgan fingerprint density at radius 2 is 2.09 bits per heavy atom. The van der Waals surface area contributed by atoms with Gasteiger partial charge in [0, 0.05) is 16.1 Å². The first-order valence-electron chi connectivity index (χ1n) is 12.1. The zero-order chi connectivity index (χ0) is 24.7. The van der Waals surface area contributed by atoms with Crippen molar-refractivity contribution in [3.63, 3.8) is 0 Å². The van der Waals surface area contributed by atoms with E-state index < -0.39 is 0 Å². The van der Waals surface area contributed by atoms with Gasteiger partial charge in [0.15, 0.2) is 5.65 Å². The fraction of sp³-hybridized carbons (Fsp3) is 0.462. The predicted octanol–water partition coefficient (Wildman–Crippen LogP) is 5.62. The minimum atomic E-state index is -0.129. The molecule has 1 unspecified atom stereocenters. The fourth-order valence-corrected chi connectivity index (χ4v) is 5.98. The molecule has 0 bridgehead atoms. The number of carbonyl (C=O) groups excluding carboxylic acids is 1. The Kier molecular flexibility index (Phi) is 6.84. The highest BCUT2D eigenvalue weighted by Crippen LogP contribution is 2.34. The molecule has 2 aromatic heterocycles. The molecule has 2 aliphatic rings. The molecule has 1 aliphatic heterocycles. The SMILES string of the molecule is COC(=O)[C@@H]1CCCN1C1CC=C(c2cnc3c(C)nn([C@H](C)c4ccc(Cl)cc4Cl)c3n2)CC1. The Bertz CT molecular complexity index is 1300. The highest BCUT2D eigenvalue weighted by atomic mass is 35.5. The number of methoxy groups -OCH3 is 1. The molecule has 9 heteroatoms. The normalized spacial score (nSPS) is 21.8. The summed E-state index contributed by atoms with van der Waals surface area (Å²) in [5, 5.41) is 5.94. The van der Waals surface area contributed by atoms with Gasteiger partial charge < -0.3 is 4.74 Å². The van der Waals surface area contributed by atoms with Gasteiger partial charge in [0.1, 0.15) is 11.6 Å². The highest BCUT2D eigenvalue weighted by molar-refractivity contribution is 6.35. The average Bonchev–Trinajstić information content (AvgIpc) is 3.48. The van der Waals surface area contributed by atoms with Gasteiger partial charge in [-0.25, -0.2) is 14.6 Å². The van der Waals surface area contributed by atoms with Crippen LogP contribution in [0.1, 0.15) is 62.0 Å². The first-order chi connectivity index (χ1) is 16.9. The van der Waals surface area contributed by atoms with Crippen LogP contribution < -0.4 is 0 Å². The zero-order valence-corrected chi connectivity index (χ0v) is 21.7. The van der Waals surface area contributed by atoms with Crippen LogP contribution in [0.15, 0.2) is 30.5 Å². The number of carbonyl (C=O) groups is 1. The van der Waals surface area contributed by atoms with Crippen molar-refractivity contribution >= 4 is 45.9 Å². The van der Waals surface area contributed by atoms with Crippen LogP contribution >= 0.6 is 23.2 Å². The van der Waals surface area contributed by atoms with E-state index in [0.717, 1.165) is 66.8 Å². The molecule has 1 fully saturated rings. The Morgan fingerprint density at radius 3 is 2.80 bits per heavy atom. The third-order valence-electron chi connectivity index (χ3n) is 7.30. The lowest BCUT2D eigenvalue weighted by atomic mass is 9.92. The van der Waals surface area contributed by atoms with Gasteiger partial charge in [-0.2, -0.15) is 5.10 Å². The van der Waals surface area contributed by atoms with E-state index in [1.54, 1.807) is 6.07 Å². The van der Waals surface area contributed by atoms with Crippen molar-refractivity contribution < 1.29 is 9.53 Å². The van der Waals surface area contributed by atoms with Crippen LogP contribution in [0, 0.1) is 6.92 Å². The van der Waals surface area contributed by atoms with Crippen molar-refractivity contribution in [2.75, 3.05) is 13.7 Å². The van der Waals surface area contributed by atoms with Gasteiger partial charge in [0.05, 0.1) is 30.7 Å². The van der Waals surface area contributed by atoms with E-state index in [1.807, 2.05) is 36.9 Å². The molecular formula is C26H29Cl2N5O2. The minimum absolute atomic E-state index is 0.116. The molecule has 3 aromatic rings. The number of ether oxygens (including phenoxy) is 1. The summed E-state index contributed by atoms with van der Waals surface area (Å²) >= 11 is 12.6. The van der Waals surface area contributed by atoms with Crippen LogP contribution in [-0.2, 0) is 9.53 Å². The van der Waals surface area contributed by atoms with E-state index in [-0.39, 0.29) is 18.1 Å². The zero-order valence-electron chi connectivity index (χ0n) is 20.2. The van der Waals surface area contributed by atoms with Crippen LogP contribution in [0.3, 0.4) is 0 Å². The third kappa shape index (κ3) is 4.57. The predicted molar refractivity (Wildman–Crippen MR) is 138 cm³/mol. The van der Waals surface area contributed by atoms with Gasteiger partial charge in [-0.05, 0) is 75.8 Å². The van der Waals surface area contributed by atoms with Crippen molar-refractivity contribution in [2.24, 2.45) is 0 Å². The summed E-state index contributed by atoms with van der Waals surface area (Å²) in [7, 11) is 1.47. The number of esters is 1. The monoisotopic (exact) mass is 513 g/mol. The first-order valence-corrected chi connectivity index (χ1v) is 12.8. The Labute approximate surface area is 215 Å². The van der Waals surface area contributed by atoms with Crippen molar-refractivity contribution in [3.05, 3.63) is 57.5 Å². The second kappa shape index (κ2) is 9.88. The van der Waals surface area contributed by atoms with E-state index in [1.165, 1.54) is 12.7 Å². The number of benzene rings is 1. The van der Waals surface area contributed by atoms with Gasteiger partial charge >= 0.3 is 5.97 Å². The van der Waals surface area contributed by atoms with Crippen molar-refractivity contribution in [2.45, 2.75) is 64.1 Å². The topological polar surface area (TPSA) is 73.1 Å². The standard InChI is InChI=1S/C26H29Cl2N5O2/c1-15-24-25(33(31-15)16(2)20-11-8-18(27)13-21(20)28)30-22(14-29-24)17-6-9-19(10-7-17)32-12-4-5-23(32)26(34)35-3/h6,8,11,13-14,16,19,23H,4-5,7,9-10,12H2,1-3H3/t16-,19?,23+/m1/s1. The minimum Gasteiger partial charge on any atom is -0.468 e. The maximum Gasteiger partial charge on any atom is 0.323 e. The number of rotatable bonds is 5. The van der Waals surface area contributed by atoms with Crippen LogP contribution in [0.25, 0.3) is 16.7 Å². The Hall–Kier alpha value is -2.48. The van der Waals surface area contributed by atoms with Crippen LogP contribution in [0.5, 0.6) is 0 Å². The summed E-state index contributed by atoms with van der Waals surface area (Å²) in [4.78, 5) is 24.2. The molecule has 0 amide bonds. The highest BCUT2D eigenvalue weighted by Gasteiger charge is 2.36. The second-order valence-corrected chi connectivity index (χ2v) is 10.2. The Balaban J connectivity index is 1.42. The number of aromatic nitrogens is 4. The summed E-state index contributed by atoms with van der Waals surface area (Å²) in [5.74, 6) is -0.118. The molecule has 35 heavy (non-hydrogen) atoms. The van der Waals surface area contributed by atoms with Gasteiger partial charge in [-0.1, -0.05) is 35.3 Å². The lowest BCUT2D eigenvalue weighted by Crippen LogP contribution is -2.44. The molecule has 0 saturated carbocycles. The number of nitrogens with zero attached hydrogens (tertiary/aromatic N) is 5. The van der Waals surface area contributed by atoms with E-state index in [4.69, 9.17) is 43.0 Å². The lowest BCUT2D eigenvalue weighted by molar-refractivity contribution is -0.146. The van der Waals surface area contributed by atoms with Gasteiger partial charge in [-0.15, -0.1) is 0 Å². The van der Waals surface area contributed by atoms with Crippen LogP contribution in [0.4, 0.5) is 0 Å². The van der Waals surface area contributed by atoms with E-state index >= 15 is 0 Å². The molecule has 0 radical (unpaired) electrons. The van der Waals surface area contributed by atoms with Gasteiger partial charge in [0.25, 0.3) is 0 Å². The molecule has 0 spiro atoms. The van der Waals surface area contributed by atoms with Gasteiger partial charge in [0.2, 0.25) is 0 Å². The largest absolute Gasteiger partial charge is 0.468 e. The average molecular weight is 514 g/mol. The van der Waals surface area contributed by atoms with E-state index in [0.29, 0.717) is 16.1 Å². The van der Waals surface area contributed by atoms with E-state index in [9.17, 15) is 4.79 Å². The molecule has 5 rings (SSSR count). The molecule has 7 nitrogen and oxygen atoms in total. The molecule has 1 aromatic carbocycles. The number of hydrogen-bond acceptors (Lipinski definition) is 6. The van der Waals surface area contributed by atoms with Crippen LogP contribution in [-0.4, -0.2) is 56.4 Å². The number of hydrogen-bond donors (Lipinski definition) is 0. The summed E-state index contributed by atoms with van der Waals surface area (Å²) in [5.41, 5.74) is 5.35. The molecular weight excluding hydrogens is 485 g/mol. The Morgan fingerprint density at radius 1 is 1.26 bits per heavy atom. The quantitative estimate of drug-likeness (QED) is 0.412. The molecule has 3 heterocycles. The lowest BCUT2D eigenvalue weighted by Gasteiger charge is -2.33. The number of aryl methyl sites for hydroxylation is 1. The molecule has 184 valence electrons. The smallest absolute Gasteiger partial charge is 0.323 e. The molecule has 3 atom stereocenters. The maximum absolute atomic E-state index is 12.2. The summed E-state index contributed by atoms with van der Waals surface area (Å²) in [6, 6.07) is 5.62. The van der Waals surface area contributed by atoms with Crippen molar-refractivity contribution in [1.29, 1.82) is 0 Å². The summed E-state index contributed by atoms with van der Waals surface area (Å²) < 4.78 is 6.92. The summed E-state index contributed by atoms with van der Waals surface area (Å²) in [6.07, 6.45) is 8.77. The number of fused-ring (bicyclic) bond motifs is 1. The first kappa shape index (κ1) is 24.2. The van der Waals surface area contributed by atoms with Gasteiger partial charge in [-0.3, -0.25) is 9.69 Å². The molecule has 0 N–H and O–H groups in total. The third-order valence-corrected chi connectivity index (χ3v) is 7.86. The number of halogens is 2. The fourth-order valence-electron chi connectivity index (χ4n) is 5.42. The maximum atomic E-state index is 12.2. The number of likely N-dealkylation sites (tertiary alicyclic amines) is 1. The van der Waals surface area contributed by atoms with Crippen molar-refractivity contribution in [1.82, 2.24) is 24.6 Å². The van der Waals surface area contributed by atoms with Crippen molar-refractivity contribution in [3.8, 4) is 0 Å². The second-order valence-electron chi connectivity index (χ2n) is 9.38. The molecule has 1 aliphatic carbocycles. The summed E-state index contributed by atoms with van der Waals surface area (Å²) in [6.45, 7) is 4.94.